The molecule has 2 heterocycles. The number of aliphatic hydroxyl groups excluding tert-OH is 1. The van der Waals surface area contributed by atoms with Crippen LogP contribution in [0.25, 0.3) is 0 Å². The fraction of sp³-hybridized carbons (Fsp3) is 0.684. The summed E-state index contributed by atoms with van der Waals surface area (Å²) in [6.07, 6.45) is 2.77. The van der Waals surface area contributed by atoms with Crippen LogP contribution in [-0.2, 0) is 6.42 Å². The summed E-state index contributed by atoms with van der Waals surface area (Å²) in [6, 6.07) is 4.56. The summed E-state index contributed by atoms with van der Waals surface area (Å²) in [5.74, 6) is 2.47. The van der Waals surface area contributed by atoms with Crippen molar-refractivity contribution in [3.8, 4) is 11.5 Å². The smallest absolute Gasteiger partial charge is 0.161 e. The van der Waals surface area contributed by atoms with Crippen molar-refractivity contribution >= 4 is 0 Å². The Morgan fingerprint density at radius 1 is 1.17 bits per heavy atom. The SMILES string of the molecule is COc1cc2c(cc1OC)C1C(CC(C)C)C(O)CCN1CC2. The lowest BCUT2D eigenvalue weighted by atomic mass is 9.75. The lowest BCUT2D eigenvalue weighted by molar-refractivity contribution is -0.0307. The first-order valence-electron chi connectivity index (χ1n) is 8.72. The number of aliphatic hydroxyl groups is 1. The van der Waals surface area contributed by atoms with E-state index in [1.165, 1.54) is 11.1 Å². The Balaban J connectivity index is 2.03. The van der Waals surface area contributed by atoms with Gasteiger partial charge in [0.15, 0.2) is 11.5 Å². The van der Waals surface area contributed by atoms with E-state index in [0.717, 1.165) is 43.9 Å². The molecule has 0 radical (unpaired) electrons. The molecule has 3 atom stereocenters. The molecule has 1 N–H and O–H groups in total. The van der Waals surface area contributed by atoms with Crippen LogP contribution in [0.3, 0.4) is 0 Å². The topological polar surface area (TPSA) is 41.9 Å². The van der Waals surface area contributed by atoms with Crippen LogP contribution in [0, 0.1) is 11.8 Å². The normalized spacial score (nSPS) is 27.5. The molecule has 1 saturated heterocycles. The molecule has 2 aliphatic heterocycles. The minimum Gasteiger partial charge on any atom is -0.493 e. The molecule has 0 spiro atoms. The first kappa shape index (κ1) is 16.6. The molecule has 128 valence electrons. The van der Waals surface area contributed by atoms with E-state index < -0.39 is 0 Å². The van der Waals surface area contributed by atoms with Crippen molar-refractivity contribution in [2.75, 3.05) is 27.3 Å². The van der Waals surface area contributed by atoms with E-state index in [-0.39, 0.29) is 6.10 Å². The van der Waals surface area contributed by atoms with Crippen molar-refractivity contribution in [1.82, 2.24) is 4.90 Å². The summed E-state index contributed by atoms with van der Waals surface area (Å²) in [7, 11) is 3.37. The van der Waals surface area contributed by atoms with Gasteiger partial charge in [-0.15, -0.1) is 0 Å². The zero-order chi connectivity index (χ0) is 16.6. The fourth-order valence-corrected chi connectivity index (χ4v) is 4.33. The quantitative estimate of drug-likeness (QED) is 0.926. The van der Waals surface area contributed by atoms with E-state index in [4.69, 9.17) is 9.47 Å². The van der Waals surface area contributed by atoms with Crippen molar-refractivity contribution < 1.29 is 14.6 Å². The Hall–Kier alpha value is -1.26. The van der Waals surface area contributed by atoms with E-state index in [0.29, 0.717) is 17.9 Å². The molecule has 0 aromatic heterocycles. The number of hydrogen-bond donors (Lipinski definition) is 1. The molecule has 23 heavy (non-hydrogen) atoms. The zero-order valence-corrected chi connectivity index (χ0v) is 14.7. The molecule has 2 aliphatic rings. The Kier molecular flexibility index (Phi) is 4.83. The number of rotatable bonds is 4. The van der Waals surface area contributed by atoms with Crippen molar-refractivity contribution in [2.45, 2.75) is 45.3 Å². The van der Waals surface area contributed by atoms with E-state index >= 15 is 0 Å². The third-order valence-corrected chi connectivity index (χ3v) is 5.38. The lowest BCUT2D eigenvalue weighted by Crippen LogP contribution is -2.49. The van der Waals surface area contributed by atoms with Crippen LogP contribution in [0.4, 0.5) is 0 Å². The average Bonchev–Trinajstić information content (AvgIpc) is 2.55. The number of nitrogens with zero attached hydrogens (tertiary/aromatic N) is 1. The van der Waals surface area contributed by atoms with Crippen molar-refractivity contribution in [2.24, 2.45) is 11.8 Å². The molecule has 0 bridgehead atoms. The van der Waals surface area contributed by atoms with Gasteiger partial charge in [-0.1, -0.05) is 13.8 Å². The number of ether oxygens (including phenoxy) is 2. The Morgan fingerprint density at radius 3 is 2.52 bits per heavy atom. The van der Waals surface area contributed by atoms with E-state index in [2.05, 4.69) is 30.9 Å². The van der Waals surface area contributed by atoms with Gasteiger partial charge in [0, 0.05) is 25.0 Å². The van der Waals surface area contributed by atoms with Gasteiger partial charge in [0.25, 0.3) is 0 Å². The second-order valence-corrected chi connectivity index (χ2v) is 7.29. The van der Waals surface area contributed by atoms with Gasteiger partial charge < -0.3 is 14.6 Å². The number of hydrogen-bond acceptors (Lipinski definition) is 4. The molecule has 3 unspecified atom stereocenters. The second kappa shape index (κ2) is 6.70. The van der Waals surface area contributed by atoms with Crippen LogP contribution in [-0.4, -0.2) is 43.4 Å². The van der Waals surface area contributed by atoms with Gasteiger partial charge in [-0.05, 0) is 48.4 Å². The van der Waals surface area contributed by atoms with Gasteiger partial charge in [-0.3, -0.25) is 4.90 Å². The second-order valence-electron chi connectivity index (χ2n) is 7.29. The molecule has 4 heteroatoms. The van der Waals surface area contributed by atoms with Gasteiger partial charge in [0.05, 0.1) is 20.3 Å². The summed E-state index contributed by atoms with van der Waals surface area (Å²) in [5, 5.41) is 10.6. The Bertz CT molecular complexity index is 558. The highest BCUT2D eigenvalue weighted by atomic mass is 16.5. The predicted octanol–water partition coefficient (Wildman–Crippen LogP) is 3.03. The molecule has 3 rings (SSSR count). The van der Waals surface area contributed by atoms with E-state index in [1.807, 2.05) is 0 Å². The van der Waals surface area contributed by atoms with Crippen molar-refractivity contribution in [3.63, 3.8) is 0 Å². The maximum atomic E-state index is 10.6. The van der Waals surface area contributed by atoms with Crippen LogP contribution in [0.5, 0.6) is 11.5 Å². The fourth-order valence-electron chi connectivity index (χ4n) is 4.33. The third-order valence-electron chi connectivity index (χ3n) is 5.38. The monoisotopic (exact) mass is 319 g/mol. The standard InChI is InChI=1S/C19H29NO3/c1-12(2)9-15-16(21)6-8-20-7-5-13-10-17(22-3)18(23-4)11-14(13)19(15)20/h10-12,15-16,19,21H,5-9H2,1-4H3. The summed E-state index contributed by atoms with van der Waals surface area (Å²) in [5.41, 5.74) is 2.66. The first-order valence-corrected chi connectivity index (χ1v) is 8.72. The largest absolute Gasteiger partial charge is 0.493 e. The highest BCUT2D eigenvalue weighted by molar-refractivity contribution is 5.49. The van der Waals surface area contributed by atoms with Crippen LogP contribution in [0.2, 0.25) is 0 Å². The summed E-state index contributed by atoms with van der Waals surface area (Å²) in [4.78, 5) is 2.55. The van der Waals surface area contributed by atoms with Gasteiger partial charge in [-0.25, -0.2) is 0 Å². The number of benzene rings is 1. The summed E-state index contributed by atoms with van der Waals surface area (Å²) < 4.78 is 11.0. The number of methoxy groups -OCH3 is 2. The Labute approximate surface area is 139 Å². The van der Waals surface area contributed by atoms with Crippen LogP contribution >= 0.6 is 0 Å². The molecule has 0 amide bonds. The number of piperidine rings is 1. The molecule has 0 saturated carbocycles. The maximum absolute atomic E-state index is 10.6. The Morgan fingerprint density at radius 2 is 1.87 bits per heavy atom. The van der Waals surface area contributed by atoms with E-state index in [9.17, 15) is 5.11 Å². The molecular formula is C19H29NO3. The van der Waals surface area contributed by atoms with Gasteiger partial charge in [0.1, 0.15) is 0 Å². The molecule has 1 aromatic rings. The minimum absolute atomic E-state index is 0.210. The molecular weight excluding hydrogens is 290 g/mol. The summed E-state index contributed by atoms with van der Waals surface area (Å²) in [6.45, 7) is 6.52. The van der Waals surface area contributed by atoms with Crippen molar-refractivity contribution in [3.05, 3.63) is 23.3 Å². The first-order chi connectivity index (χ1) is 11.0. The predicted molar refractivity (Wildman–Crippen MR) is 91.1 cm³/mol. The highest BCUT2D eigenvalue weighted by Crippen LogP contribution is 2.46. The lowest BCUT2D eigenvalue weighted by Gasteiger charge is -2.48. The average molecular weight is 319 g/mol. The molecule has 0 aliphatic carbocycles. The van der Waals surface area contributed by atoms with Crippen LogP contribution in [0.1, 0.15) is 43.9 Å². The van der Waals surface area contributed by atoms with Gasteiger partial charge >= 0.3 is 0 Å². The highest BCUT2D eigenvalue weighted by Gasteiger charge is 2.41. The molecule has 1 fully saturated rings. The van der Waals surface area contributed by atoms with E-state index in [1.54, 1.807) is 14.2 Å². The number of fused-ring (bicyclic) bond motifs is 3. The van der Waals surface area contributed by atoms with Gasteiger partial charge in [0.2, 0.25) is 0 Å². The summed E-state index contributed by atoms with van der Waals surface area (Å²) >= 11 is 0. The van der Waals surface area contributed by atoms with Gasteiger partial charge in [-0.2, -0.15) is 0 Å². The molecule has 4 nitrogen and oxygen atoms in total. The van der Waals surface area contributed by atoms with Crippen LogP contribution < -0.4 is 9.47 Å². The zero-order valence-electron chi connectivity index (χ0n) is 14.7. The maximum Gasteiger partial charge on any atom is 0.161 e. The molecule has 1 aromatic carbocycles. The minimum atomic E-state index is -0.210. The third kappa shape index (κ3) is 3.07. The van der Waals surface area contributed by atoms with Crippen LogP contribution in [0.15, 0.2) is 12.1 Å². The van der Waals surface area contributed by atoms with Crippen molar-refractivity contribution in [1.29, 1.82) is 0 Å².